The zero-order valence-electron chi connectivity index (χ0n) is 18.6. The van der Waals surface area contributed by atoms with Crippen LogP contribution in [-0.2, 0) is 28.9 Å². The minimum Gasteiger partial charge on any atom is -0.378 e. The fourth-order valence-corrected chi connectivity index (χ4v) is 4.38. The number of aromatic nitrogens is 2. The van der Waals surface area contributed by atoms with Crippen LogP contribution in [0.3, 0.4) is 0 Å². The monoisotopic (exact) mass is 423 g/mol. The van der Waals surface area contributed by atoms with Crippen LogP contribution in [0.15, 0.2) is 30.5 Å². The van der Waals surface area contributed by atoms with Crippen LogP contribution in [0.2, 0.25) is 0 Å². The molecule has 2 heterocycles. The fraction of sp³-hybridized carbons (Fsp3) is 0.542. The molecule has 0 saturated carbocycles. The van der Waals surface area contributed by atoms with Crippen molar-refractivity contribution in [2.75, 3.05) is 49.2 Å². The highest BCUT2D eigenvalue weighted by Gasteiger charge is 2.26. The van der Waals surface area contributed by atoms with Crippen molar-refractivity contribution < 1.29 is 9.53 Å². The van der Waals surface area contributed by atoms with Crippen molar-refractivity contribution in [3.8, 4) is 0 Å². The number of hydrogen-bond acceptors (Lipinski definition) is 6. The van der Waals surface area contributed by atoms with Crippen LogP contribution in [0.4, 0.5) is 11.6 Å². The molecule has 1 aromatic carbocycles. The molecule has 0 spiro atoms. The van der Waals surface area contributed by atoms with Gasteiger partial charge >= 0.3 is 0 Å². The first-order chi connectivity index (χ1) is 15.2. The van der Waals surface area contributed by atoms with E-state index in [1.54, 1.807) is 0 Å². The SMILES string of the molecule is CCN(CC)c1ccc(CNC(=O)[C@H]2CCc3nc(N4CCOCC4)ncc3C2)cc1. The van der Waals surface area contributed by atoms with Crippen LogP contribution in [-0.4, -0.2) is 55.3 Å². The first-order valence-corrected chi connectivity index (χ1v) is 11.5. The van der Waals surface area contributed by atoms with Crippen molar-refractivity contribution >= 4 is 17.5 Å². The van der Waals surface area contributed by atoms with E-state index in [2.05, 4.69) is 58.2 Å². The van der Waals surface area contributed by atoms with Crippen molar-refractivity contribution in [2.24, 2.45) is 5.92 Å². The Morgan fingerprint density at radius 1 is 1.19 bits per heavy atom. The number of carbonyl (C=O) groups excluding carboxylic acids is 1. The Morgan fingerprint density at radius 3 is 2.65 bits per heavy atom. The number of fused-ring (bicyclic) bond motifs is 1. The molecule has 166 valence electrons. The van der Waals surface area contributed by atoms with Gasteiger partial charge in [-0.1, -0.05) is 12.1 Å². The molecule has 2 aromatic rings. The molecule has 1 aliphatic carbocycles. The molecular formula is C24H33N5O2. The first-order valence-electron chi connectivity index (χ1n) is 11.5. The van der Waals surface area contributed by atoms with Gasteiger partial charge in [-0.3, -0.25) is 4.79 Å². The van der Waals surface area contributed by atoms with Crippen LogP contribution < -0.4 is 15.1 Å². The molecule has 1 fully saturated rings. The van der Waals surface area contributed by atoms with Crippen LogP contribution in [0.1, 0.15) is 37.1 Å². The topological polar surface area (TPSA) is 70.6 Å². The standard InChI is InChI=1S/C24H33N5O2/c1-3-28(4-2)21-8-5-18(6-9-21)16-25-23(30)19-7-10-22-20(15-19)17-26-24(27-22)29-11-13-31-14-12-29/h5-6,8-9,17,19H,3-4,7,10-16H2,1-2H3,(H,25,30)/t19-/m0/s1. The maximum absolute atomic E-state index is 12.8. The molecule has 7 nitrogen and oxygen atoms in total. The van der Waals surface area contributed by atoms with Gasteiger partial charge in [-0.05, 0) is 56.4 Å². The zero-order chi connectivity index (χ0) is 21.6. The Morgan fingerprint density at radius 2 is 1.94 bits per heavy atom. The van der Waals surface area contributed by atoms with E-state index in [-0.39, 0.29) is 11.8 Å². The third-order valence-corrected chi connectivity index (χ3v) is 6.33. The number of nitrogens with zero attached hydrogens (tertiary/aromatic N) is 4. The van der Waals surface area contributed by atoms with E-state index in [0.717, 1.165) is 75.0 Å². The number of aryl methyl sites for hydroxylation is 1. The minimum absolute atomic E-state index is 0.0136. The van der Waals surface area contributed by atoms with E-state index in [0.29, 0.717) is 13.0 Å². The summed E-state index contributed by atoms with van der Waals surface area (Å²) in [7, 11) is 0. The van der Waals surface area contributed by atoms with Crippen molar-refractivity contribution in [1.29, 1.82) is 0 Å². The molecule has 1 aliphatic heterocycles. The summed E-state index contributed by atoms with van der Waals surface area (Å²) in [4.78, 5) is 26.6. The van der Waals surface area contributed by atoms with E-state index in [1.165, 1.54) is 5.69 Å². The number of amides is 1. The zero-order valence-corrected chi connectivity index (χ0v) is 18.6. The summed E-state index contributed by atoms with van der Waals surface area (Å²) in [5.41, 5.74) is 4.54. The van der Waals surface area contributed by atoms with Crippen LogP contribution >= 0.6 is 0 Å². The number of anilines is 2. The van der Waals surface area contributed by atoms with Crippen molar-refractivity contribution in [3.63, 3.8) is 0 Å². The molecule has 1 amide bonds. The number of carbonyl (C=O) groups is 1. The van der Waals surface area contributed by atoms with Gasteiger partial charge in [-0.15, -0.1) is 0 Å². The Bertz CT molecular complexity index is 876. The molecule has 4 rings (SSSR count). The molecule has 0 unspecified atom stereocenters. The van der Waals surface area contributed by atoms with Crippen molar-refractivity contribution in [3.05, 3.63) is 47.3 Å². The Kier molecular flexibility index (Phi) is 7.02. The number of nitrogens with one attached hydrogen (secondary N) is 1. The van der Waals surface area contributed by atoms with Gasteiger partial charge in [-0.25, -0.2) is 9.97 Å². The second kappa shape index (κ2) is 10.1. The van der Waals surface area contributed by atoms with Crippen LogP contribution in [0.25, 0.3) is 0 Å². The molecule has 1 saturated heterocycles. The number of hydrogen-bond donors (Lipinski definition) is 1. The summed E-state index contributed by atoms with van der Waals surface area (Å²) in [6.07, 6.45) is 4.29. The molecule has 7 heteroatoms. The van der Waals surface area contributed by atoms with E-state index in [9.17, 15) is 4.79 Å². The van der Waals surface area contributed by atoms with Gasteiger partial charge in [0.05, 0.1) is 13.2 Å². The van der Waals surface area contributed by atoms with Gasteiger partial charge in [-0.2, -0.15) is 0 Å². The van der Waals surface area contributed by atoms with Gasteiger partial charge in [0.25, 0.3) is 0 Å². The Hall–Kier alpha value is -2.67. The second-order valence-electron chi connectivity index (χ2n) is 8.24. The summed E-state index contributed by atoms with van der Waals surface area (Å²) in [5.74, 6) is 0.897. The predicted molar refractivity (Wildman–Crippen MR) is 122 cm³/mol. The Balaban J connectivity index is 1.31. The number of morpholine rings is 1. The predicted octanol–water partition coefficient (Wildman–Crippen LogP) is 2.58. The lowest BCUT2D eigenvalue weighted by Gasteiger charge is -2.28. The number of rotatable bonds is 7. The molecule has 0 radical (unpaired) electrons. The van der Waals surface area contributed by atoms with Gasteiger partial charge < -0.3 is 19.9 Å². The van der Waals surface area contributed by atoms with E-state index in [4.69, 9.17) is 9.72 Å². The van der Waals surface area contributed by atoms with Crippen LogP contribution in [0, 0.1) is 5.92 Å². The quantitative estimate of drug-likeness (QED) is 0.738. The van der Waals surface area contributed by atoms with Crippen LogP contribution in [0.5, 0.6) is 0 Å². The summed E-state index contributed by atoms with van der Waals surface area (Å²) in [5, 5.41) is 3.12. The molecule has 1 N–H and O–H groups in total. The molecule has 1 atom stereocenters. The highest BCUT2D eigenvalue weighted by Crippen LogP contribution is 2.26. The average molecular weight is 424 g/mol. The minimum atomic E-state index is -0.0136. The lowest BCUT2D eigenvalue weighted by atomic mass is 9.86. The summed E-state index contributed by atoms with van der Waals surface area (Å²) >= 11 is 0. The molecule has 31 heavy (non-hydrogen) atoms. The smallest absolute Gasteiger partial charge is 0.225 e. The third kappa shape index (κ3) is 5.15. The number of benzene rings is 1. The largest absolute Gasteiger partial charge is 0.378 e. The van der Waals surface area contributed by atoms with Gasteiger partial charge in [0.1, 0.15) is 0 Å². The van der Waals surface area contributed by atoms with Crippen molar-refractivity contribution in [2.45, 2.75) is 39.7 Å². The Labute approximate surface area is 184 Å². The third-order valence-electron chi connectivity index (χ3n) is 6.33. The second-order valence-corrected chi connectivity index (χ2v) is 8.24. The first kappa shape index (κ1) is 21.6. The van der Waals surface area contributed by atoms with E-state index in [1.807, 2.05) is 6.20 Å². The lowest BCUT2D eigenvalue weighted by Crippen LogP contribution is -2.38. The fourth-order valence-electron chi connectivity index (χ4n) is 4.38. The highest BCUT2D eigenvalue weighted by atomic mass is 16.5. The van der Waals surface area contributed by atoms with E-state index < -0.39 is 0 Å². The average Bonchev–Trinajstić information content (AvgIpc) is 2.84. The lowest BCUT2D eigenvalue weighted by molar-refractivity contribution is -0.125. The molecule has 0 bridgehead atoms. The van der Waals surface area contributed by atoms with Gasteiger partial charge in [0.15, 0.2) is 0 Å². The van der Waals surface area contributed by atoms with Gasteiger partial charge in [0, 0.05) is 56.2 Å². The van der Waals surface area contributed by atoms with E-state index >= 15 is 0 Å². The molecule has 1 aromatic heterocycles. The number of ether oxygens (including phenoxy) is 1. The summed E-state index contributed by atoms with van der Waals surface area (Å²) in [6, 6.07) is 8.47. The normalized spacial score (nSPS) is 18.4. The summed E-state index contributed by atoms with van der Waals surface area (Å²) in [6.45, 7) is 9.98. The molecule has 2 aliphatic rings. The maximum atomic E-state index is 12.8. The van der Waals surface area contributed by atoms with Gasteiger partial charge in [0.2, 0.25) is 11.9 Å². The van der Waals surface area contributed by atoms with Crippen molar-refractivity contribution in [1.82, 2.24) is 15.3 Å². The summed E-state index contributed by atoms with van der Waals surface area (Å²) < 4.78 is 5.41. The maximum Gasteiger partial charge on any atom is 0.225 e. The highest BCUT2D eigenvalue weighted by molar-refractivity contribution is 5.79. The molecular weight excluding hydrogens is 390 g/mol.